The first kappa shape index (κ1) is 31.0. The molecule has 0 aromatic heterocycles. The summed E-state index contributed by atoms with van der Waals surface area (Å²) in [5.74, 6) is 0. The standard InChI is InChI=1S/C54H34N2/c1-3-13-45(14-4-1)55(49-31-41-21-17-35-9-7-10-36-18-22-42(32-49)53(41)51(35)36)47-27-25-40-30-48(28-26-39(40)29-47)56(46-15-5-2-6-16-46)50-33-43-23-19-37-11-8-12-38-20-24-44(34-50)54(43)52(37)38/h1-34H. The Bertz CT molecular complexity index is 3070. The number of rotatable bonds is 6. The highest BCUT2D eigenvalue weighted by molar-refractivity contribution is 6.25. The number of fused-ring (bicyclic) bond motifs is 1. The minimum atomic E-state index is 1.12. The van der Waals surface area contributed by atoms with Crippen LogP contribution in [0.2, 0.25) is 0 Å². The summed E-state index contributed by atoms with van der Waals surface area (Å²) in [7, 11) is 0. The lowest BCUT2D eigenvalue weighted by Crippen LogP contribution is -2.11. The Morgan fingerprint density at radius 1 is 0.179 bits per heavy atom. The zero-order valence-corrected chi connectivity index (χ0v) is 30.5. The van der Waals surface area contributed by atoms with Gasteiger partial charge in [-0.05, 0) is 148 Å². The number of para-hydroxylation sites is 2. The zero-order chi connectivity index (χ0) is 36.7. The number of anilines is 6. The van der Waals surface area contributed by atoms with Crippen LogP contribution in [0.1, 0.15) is 0 Å². The fourth-order valence-electron chi connectivity index (χ4n) is 9.28. The van der Waals surface area contributed by atoms with Crippen LogP contribution < -0.4 is 9.80 Å². The minimum Gasteiger partial charge on any atom is -0.310 e. The number of hydrogen-bond donors (Lipinski definition) is 0. The quantitative estimate of drug-likeness (QED) is 0.159. The molecule has 0 aliphatic heterocycles. The molecule has 2 heteroatoms. The predicted molar refractivity (Wildman–Crippen MR) is 241 cm³/mol. The average molecular weight is 711 g/mol. The molecule has 12 aromatic rings. The fourth-order valence-corrected chi connectivity index (χ4v) is 9.28. The Morgan fingerprint density at radius 2 is 0.464 bits per heavy atom. The Labute approximate surface area is 324 Å². The molecule has 12 aromatic carbocycles. The van der Waals surface area contributed by atoms with Crippen LogP contribution in [0.3, 0.4) is 0 Å². The maximum atomic E-state index is 2.39. The van der Waals surface area contributed by atoms with Gasteiger partial charge in [0.15, 0.2) is 0 Å². The van der Waals surface area contributed by atoms with Gasteiger partial charge in [0, 0.05) is 34.1 Å². The third kappa shape index (κ3) is 4.76. The lowest BCUT2D eigenvalue weighted by molar-refractivity contribution is 1.29. The molecule has 0 radical (unpaired) electrons. The van der Waals surface area contributed by atoms with E-state index in [1.807, 2.05) is 0 Å². The van der Waals surface area contributed by atoms with Crippen molar-refractivity contribution in [3.63, 3.8) is 0 Å². The summed E-state index contributed by atoms with van der Waals surface area (Å²) in [4.78, 5) is 4.78. The molecule has 2 nitrogen and oxygen atoms in total. The molecule has 0 atom stereocenters. The molecule has 0 aliphatic carbocycles. The van der Waals surface area contributed by atoms with Gasteiger partial charge in [0.1, 0.15) is 0 Å². The van der Waals surface area contributed by atoms with Crippen molar-refractivity contribution in [2.75, 3.05) is 9.80 Å². The van der Waals surface area contributed by atoms with Crippen LogP contribution >= 0.6 is 0 Å². The van der Waals surface area contributed by atoms with Crippen molar-refractivity contribution in [1.82, 2.24) is 0 Å². The number of hydrogen-bond acceptors (Lipinski definition) is 2. The Morgan fingerprint density at radius 3 is 0.821 bits per heavy atom. The first-order valence-corrected chi connectivity index (χ1v) is 19.3. The van der Waals surface area contributed by atoms with Gasteiger partial charge in [-0.1, -0.05) is 133 Å². The highest BCUT2D eigenvalue weighted by Gasteiger charge is 2.19. The van der Waals surface area contributed by atoms with Crippen LogP contribution in [-0.4, -0.2) is 0 Å². The number of benzene rings is 12. The van der Waals surface area contributed by atoms with Crippen LogP contribution in [-0.2, 0) is 0 Å². The molecule has 12 rings (SSSR count). The molecule has 0 spiro atoms. The average Bonchev–Trinajstić information content (AvgIpc) is 3.25. The zero-order valence-electron chi connectivity index (χ0n) is 30.5. The summed E-state index contributed by atoms with van der Waals surface area (Å²) in [5.41, 5.74) is 6.78. The smallest absolute Gasteiger partial charge is 0.0473 e. The Balaban J connectivity index is 0.996. The monoisotopic (exact) mass is 710 g/mol. The second-order valence-electron chi connectivity index (χ2n) is 15.0. The normalized spacial score (nSPS) is 11.9. The van der Waals surface area contributed by atoms with Crippen LogP contribution in [0, 0.1) is 0 Å². The third-order valence-corrected chi connectivity index (χ3v) is 11.8. The summed E-state index contributed by atoms with van der Waals surface area (Å²) >= 11 is 0. The largest absolute Gasteiger partial charge is 0.310 e. The van der Waals surface area contributed by atoms with E-state index in [1.165, 1.54) is 75.4 Å². The van der Waals surface area contributed by atoms with E-state index in [9.17, 15) is 0 Å². The van der Waals surface area contributed by atoms with Gasteiger partial charge >= 0.3 is 0 Å². The summed E-state index contributed by atoms with van der Waals surface area (Å²) in [6.07, 6.45) is 0. The van der Waals surface area contributed by atoms with Crippen LogP contribution in [0.25, 0.3) is 75.4 Å². The van der Waals surface area contributed by atoms with Crippen molar-refractivity contribution in [3.05, 3.63) is 206 Å². The van der Waals surface area contributed by atoms with Gasteiger partial charge in [-0.25, -0.2) is 0 Å². The lowest BCUT2D eigenvalue weighted by atomic mass is 9.93. The van der Waals surface area contributed by atoms with E-state index in [2.05, 4.69) is 216 Å². The third-order valence-electron chi connectivity index (χ3n) is 11.8. The van der Waals surface area contributed by atoms with Crippen molar-refractivity contribution in [3.8, 4) is 0 Å². The Kier molecular flexibility index (Phi) is 6.66. The van der Waals surface area contributed by atoms with E-state index in [1.54, 1.807) is 0 Å². The molecule has 0 saturated heterocycles. The summed E-state index contributed by atoms with van der Waals surface area (Å²) in [5, 5.41) is 17.9. The maximum absolute atomic E-state index is 2.39. The highest BCUT2D eigenvalue weighted by Crippen LogP contribution is 2.44. The molecule has 0 bridgehead atoms. The van der Waals surface area contributed by atoms with Crippen molar-refractivity contribution < 1.29 is 0 Å². The van der Waals surface area contributed by atoms with Crippen LogP contribution in [0.5, 0.6) is 0 Å². The van der Waals surface area contributed by atoms with Gasteiger partial charge in [-0.3, -0.25) is 0 Å². The van der Waals surface area contributed by atoms with Gasteiger partial charge in [-0.15, -0.1) is 0 Å². The van der Waals surface area contributed by atoms with Crippen molar-refractivity contribution in [2.24, 2.45) is 0 Å². The lowest BCUT2D eigenvalue weighted by Gasteiger charge is -2.28. The molecule has 260 valence electrons. The van der Waals surface area contributed by atoms with Gasteiger partial charge in [0.2, 0.25) is 0 Å². The van der Waals surface area contributed by atoms with E-state index in [0.29, 0.717) is 0 Å². The van der Waals surface area contributed by atoms with Gasteiger partial charge < -0.3 is 9.80 Å². The second-order valence-corrected chi connectivity index (χ2v) is 15.0. The maximum Gasteiger partial charge on any atom is 0.0473 e. The van der Waals surface area contributed by atoms with E-state index in [0.717, 1.165) is 34.1 Å². The number of nitrogens with zero attached hydrogens (tertiary/aromatic N) is 2. The molecule has 0 amide bonds. The molecule has 56 heavy (non-hydrogen) atoms. The summed E-state index contributed by atoms with van der Waals surface area (Å²) in [6, 6.07) is 75.9. The van der Waals surface area contributed by atoms with Crippen molar-refractivity contribution in [2.45, 2.75) is 0 Å². The van der Waals surface area contributed by atoms with E-state index >= 15 is 0 Å². The van der Waals surface area contributed by atoms with Gasteiger partial charge in [0.25, 0.3) is 0 Å². The van der Waals surface area contributed by atoms with E-state index in [-0.39, 0.29) is 0 Å². The van der Waals surface area contributed by atoms with Gasteiger partial charge in [-0.2, -0.15) is 0 Å². The van der Waals surface area contributed by atoms with Crippen molar-refractivity contribution in [1.29, 1.82) is 0 Å². The van der Waals surface area contributed by atoms with E-state index < -0.39 is 0 Å². The molecule has 0 saturated carbocycles. The first-order chi connectivity index (χ1) is 27.7. The molecular formula is C54H34N2. The second kappa shape index (κ2) is 12.0. The molecule has 0 unspecified atom stereocenters. The highest BCUT2D eigenvalue weighted by atomic mass is 15.1. The van der Waals surface area contributed by atoms with Crippen molar-refractivity contribution >= 4 is 110 Å². The molecule has 0 N–H and O–H groups in total. The molecule has 0 aliphatic rings. The molecule has 0 heterocycles. The fraction of sp³-hybridized carbons (Fsp3) is 0. The van der Waals surface area contributed by atoms with E-state index in [4.69, 9.17) is 0 Å². The molecular weight excluding hydrogens is 677 g/mol. The summed E-state index contributed by atoms with van der Waals surface area (Å²) in [6.45, 7) is 0. The van der Waals surface area contributed by atoms with Gasteiger partial charge in [0.05, 0.1) is 0 Å². The summed E-state index contributed by atoms with van der Waals surface area (Å²) < 4.78 is 0. The SMILES string of the molecule is c1ccc(N(c2ccc3cc(N(c4ccccc4)c4cc5ccc6cccc7ccc(c4)c5c67)ccc3c2)c2cc3ccc4cccc5ccc(c2)c3c45)cc1. The molecule has 0 fully saturated rings. The van der Waals surface area contributed by atoms with Crippen LogP contribution in [0.4, 0.5) is 34.1 Å². The predicted octanol–water partition coefficient (Wildman–Crippen LogP) is 15.6. The van der Waals surface area contributed by atoms with Crippen LogP contribution in [0.15, 0.2) is 206 Å². The Hall–Kier alpha value is -7.42. The first-order valence-electron chi connectivity index (χ1n) is 19.3. The minimum absolute atomic E-state index is 1.12. The topological polar surface area (TPSA) is 6.48 Å².